The van der Waals surface area contributed by atoms with Gasteiger partial charge in [-0.2, -0.15) is 0 Å². The summed E-state index contributed by atoms with van der Waals surface area (Å²) in [5.41, 5.74) is 0.781. The highest BCUT2D eigenvalue weighted by Crippen LogP contribution is 2.31. The molecule has 2 rings (SSSR count). The SMILES string of the molecule is CCCCC(OC)C(c1ccccc1)N(C(=O)O)C(=O)N1CCCCC1. The number of imide groups is 1. The van der Waals surface area contributed by atoms with Crippen LogP contribution >= 0.6 is 0 Å². The largest absolute Gasteiger partial charge is 0.465 e. The second-order valence-electron chi connectivity index (χ2n) is 6.75. The molecule has 0 aromatic heterocycles. The summed E-state index contributed by atoms with van der Waals surface area (Å²) in [6.07, 6.45) is 3.90. The van der Waals surface area contributed by atoms with Crippen molar-refractivity contribution in [3.8, 4) is 0 Å². The molecule has 1 aromatic rings. The van der Waals surface area contributed by atoms with Crippen LogP contribution in [0.5, 0.6) is 0 Å². The number of unbranched alkanes of at least 4 members (excludes halogenated alkanes) is 1. The Morgan fingerprint density at radius 3 is 2.38 bits per heavy atom. The molecule has 1 saturated heterocycles. The van der Waals surface area contributed by atoms with Gasteiger partial charge in [-0.15, -0.1) is 0 Å². The van der Waals surface area contributed by atoms with Crippen molar-refractivity contribution in [1.29, 1.82) is 0 Å². The fourth-order valence-corrected chi connectivity index (χ4v) is 3.55. The lowest BCUT2D eigenvalue weighted by molar-refractivity contribution is 0.0158. The summed E-state index contributed by atoms with van der Waals surface area (Å²) in [4.78, 5) is 27.8. The van der Waals surface area contributed by atoms with Gasteiger partial charge in [-0.1, -0.05) is 50.1 Å². The zero-order chi connectivity index (χ0) is 18.9. The van der Waals surface area contributed by atoms with Gasteiger partial charge in [0.05, 0.1) is 12.1 Å². The molecule has 144 valence electrons. The van der Waals surface area contributed by atoms with Crippen molar-refractivity contribution in [1.82, 2.24) is 9.80 Å². The zero-order valence-corrected chi connectivity index (χ0v) is 15.8. The number of methoxy groups -OCH3 is 1. The van der Waals surface area contributed by atoms with Gasteiger partial charge in [-0.25, -0.2) is 14.5 Å². The van der Waals surface area contributed by atoms with Gasteiger partial charge in [0.25, 0.3) is 0 Å². The molecule has 1 aliphatic rings. The van der Waals surface area contributed by atoms with Crippen molar-refractivity contribution in [3.63, 3.8) is 0 Å². The average Bonchev–Trinajstić information content (AvgIpc) is 2.68. The molecule has 1 aromatic carbocycles. The van der Waals surface area contributed by atoms with Gasteiger partial charge in [0.1, 0.15) is 0 Å². The van der Waals surface area contributed by atoms with Crippen LogP contribution in [0.1, 0.15) is 57.1 Å². The fourth-order valence-electron chi connectivity index (χ4n) is 3.55. The highest BCUT2D eigenvalue weighted by atomic mass is 16.5. The molecule has 0 radical (unpaired) electrons. The smallest absolute Gasteiger partial charge is 0.416 e. The minimum atomic E-state index is -1.23. The number of likely N-dealkylation sites (tertiary alicyclic amines) is 1. The summed E-state index contributed by atoms with van der Waals surface area (Å²) < 4.78 is 5.66. The Hall–Kier alpha value is -2.08. The van der Waals surface area contributed by atoms with Crippen LogP contribution in [0.15, 0.2) is 30.3 Å². The summed E-state index contributed by atoms with van der Waals surface area (Å²) >= 11 is 0. The van der Waals surface area contributed by atoms with Crippen molar-refractivity contribution in [2.24, 2.45) is 0 Å². The minimum Gasteiger partial charge on any atom is -0.465 e. The first kappa shape index (κ1) is 20.2. The number of hydrogen-bond acceptors (Lipinski definition) is 3. The van der Waals surface area contributed by atoms with Crippen LogP contribution in [0.25, 0.3) is 0 Å². The van der Waals surface area contributed by atoms with Crippen LogP contribution in [0.3, 0.4) is 0 Å². The first-order chi connectivity index (χ1) is 12.6. The van der Waals surface area contributed by atoms with Gasteiger partial charge in [-0.3, -0.25) is 0 Å². The lowest BCUT2D eigenvalue weighted by Gasteiger charge is -2.37. The second-order valence-corrected chi connectivity index (χ2v) is 6.75. The van der Waals surface area contributed by atoms with E-state index in [1.54, 1.807) is 12.0 Å². The summed E-state index contributed by atoms with van der Waals surface area (Å²) in [5, 5.41) is 9.90. The lowest BCUT2D eigenvalue weighted by atomic mass is 9.96. The van der Waals surface area contributed by atoms with E-state index >= 15 is 0 Å². The number of amides is 3. The van der Waals surface area contributed by atoms with Gasteiger partial charge >= 0.3 is 12.1 Å². The van der Waals surface area contributed by atoms with Crippen molar-refractivity contribution >= 4 is 12.1 Å². The standard InChI is InChI=1S/C20H30N2O4/c1-3-4-13-17(26-2)18(16-11-7-5-8-12-16)22(20(24)25)19(23)21-14-9-6-10-15-21/h5,7-8,11-12,17-18H,3-4,6,9-10,13-15H2,1-2H3,(H,24,25). The predicted molar refractivity (Wildman–Crippen MR) is 100 cm³/mol. The Bertz CT molecular complexity index is 572. The van der Waals surface area contributed by atoms with Crippen molar-refractivity contribution < 1.29 is 19.4 Å². The second kappa shape index (κ2) is 10.2. The third kappa shape index (κ3) is 4.97. The summed E-state index contributed by atoms with van der Waals surface area (Å²) in [5.74, 6) is 0. The first-order valence-corrected chi connectivity index (χ1v) is 9.49. The molecule has 0 spiro atoms. The Morgan fingerprint density at radius 1 is 1.19 bits per heavy atom. The summed E-state index contributed by atoms with van der Waals surface area (Å²) in [6, 6.07) is 8.24. The minimum absolute atomic E-state index is 0.373. The van der Waals surface area contributed by atoms with E-state index < -0.39 is 18.2 Å². The molecule has 6 heteroatoms. The maximum Gasteiger partial charge on any atom is 0.416 e. The van der Waals surface area contributed by atoms with E-state index in [-0.39, 0.29) is 6.10 Å². The number of nitrogens with zero attached hydrogens (tertiary/aromatic N) is 2. The van der Waals surface area contributed by atoms with Crippen LogP contribution < -0.4 is 0 Å². The van der Waals surface area contributed by atoms with Gasteiger partial charge in [-0.05, 0) is 31.2 Å². The van der Waals surface area contributed by atoms with E-state index in [9.17, 15) is 14.7 Å². The van der Waals surface area contributed by atoms with Crippen molar-refractivity contribution in [2.45, 2.75) is 57.6 Å². The first-order valence-electron chi connectivity index (χ1n) is 9.49. The fraction of sp³-hybridized carbons (Fsp3) is 0.600. The molecule has 1 aliphatic heterocycles. The van der Waals surface area contributed by atoms with E-state index in [0.29, 0.717) is 19.5 Å². The molecule has 2 atom stereocenters. The van der Waals surface area contributed by atoms with Crippen LogP contribution in [0.4, 0.5) is 9.59 Å². The molecule has 1 heterocycles. The third-order valence-electron chi connectivity index (χ3n) is 4.96. The normalized spacial score (nSPS) is 16.8. The van der Waals surface area contributed by atoms with Gasteiger partial charge < -0.3 is 14.7 Å². The molecule has 2 unspecified atom stereocenters. The number of carboxylic acid groups (broad SMARTS) is 1. The number of carbonyl (C=O) groups is 2. The molecule has 1 N–H and O–H groups in total. The van der Waals surface area contributed by atoms with E-state index in [2.05, 4.69) is 6.92 Å². The lowest BCUT2D eigenvalue weighted by Crippen LogP contribution is -2.51. The van der Waals surface area contributed by atoms with Gasteiger partial charge in [0.15, 0.2) is 0 Å². The Labute approximate surface area is 155 Å². The number of piperidine rings is 1. The van der Waals surface area contributed by atoms with E-state index in [0.717, 1.165) is 42.6 Å². The highest BCUT2D eigenvalue weighted by molar-refractivity contribution is 5.90. The summed E-state index contributed by atoms with van der Waals surface area (Å²) in [6.45, 7) is 3.30. The Kier molecular flexibility index (Phi) is 7.91. The number of ether oxygens (including phenoxy) is 1. The van der Waals surface area contributed by atoms with Crippen LogP contribution in [-0.2, 0) is 4.74 Å². The molecule has 6 nitrogen and oxygen atoms in total. The molecule has 0 aliphatic carbocycles. The van der Waals surface area contributed by atoms with Crippen LogP contribution in [0.2, 0.25) is 0 Å². The predicted octanol–water partition coefficient (Wildman–Crippen LogP) is 4.52. The number of benzene rings is 1. The molecular formula is C20H30N2O4. The third-order valence-corrected chi connectivity index (χ3v) is 4.96. The molecule has 3 amide bonds. The molecular weight excluding hydrogens is 332 g/mol. The highest BCUT2D eigenvalue weighted by Gasteiger charge is 2.39. The number of urea groups is 1. The molecule has 26 heavy (non-hydrogen) atoms. The molecule has 0 bridgehead atoms. The maximum atomic E-state index is 13.1. The quantitative estimate of drug-likeness (QED) is 0.774. The topological polar surface area (TPSA) is 70.1 Å². The Balaban J connectivity index is 2.37. The van der Waals surface area contributed by atoms with Gasteiger partial charge in [0.2, 0.25) is 0 Å². The van der Waals surface area contributed by atoms with Gasteiger partial charge in [0, 0.05) is 20.2 Å². The van der Waals surface area contributed by atoms with Crippen molar-refractivity contribution in [3.05, 3.63) is 35.9 Å². The maximum absolute atomic E-state index is 13.1. The van der Waals surface area contributed by atoms with Crippen LogP contribution in [-0.4, -0.2) is 53.3 Å². The number of rotatable bonds is 7. The summed E-state index contributed by atoms with van der Waals surface area (Å²) in [7, 11) is 1.58. The molecule has 1 fully saturated rings. The monoisotopic (exact) mass is 362 g/mol. The number of hydrogen-bond donors (Lipinski definition) is 1. The van der Waals surface area contributed by atoms with Crippen molar-refractivity contribution in [2.75, 3.05) is 20.2 Å². The van der Waals surface area contributed by atoms with E-state index in [4.69, 9.17) is 4.74 Å². The zero-order valence-electron chi connectivity index (χ0n) is 15.8. The Morgan fingerprint density at radius 2 is 1.85 bits per heavy atom. The van der Waals surface area contributed by atoms with E-state index in [1.165, 1.54) is 0 Å². The number of carbonyl (C=O) groups excluding carboxylic acids is 1. The molecule has 0 saturated carbocycles. The van der Waals surface area contributed by atoms with E-state index in [1.807, 2.05) is 30.3 Å². The van der Waals surface area contributed by atoms with Crippen LogP contribution in [0, 0.1) is 0 Å². The average molecular weight is 362 g/mol.